The summed E-state index contributed by atoms with van der Waals surface area (Å²) in [4.78, 5) is 0. The van der Waals surface area contributed by atoms with Gasteiger partial charge in [-0.1, -0.05) is 37.3 Å². The third kappa shape index (κ3) is 4.50. The molecule has 0 spiro atoms. The maximum Gasteiger partial charge on any atom is 0.130 e. The van der Waals surface area contributed by atoms with Crippen molar-refractivity contribution >= 4 is 0 Å². The Hall–Kier alpha value is -2.00. The highest BCUT2D eigenvalue weighted by Crippen LogP contribution is 2.33. The van der Waals surface area contributed by atoms with Crippen LogP contribution in [0.25, 0.3) is 11.1 Å². The first-order valence-corrected chi connectivity index (χ1v) is 7.40. The topological polar surface area (TPSA) is 49.7 Å². The van der Waals surface area contributed by atoms with Gasteiger partial charge in [0, 0.05) is 11.6 Å². The summed E-state index contributed by atoms with van der Waals surface area (Å²) in [6.45, 7) is 2.49. The van der Waals surface area contributed by atoms with Crippen LogP contribution in [0.5, 0.6) is 11.5 Å². The van der Waals surface area contributed by atoms with Crippen molar-refractivity contribution in [2.75, 3.05) is 6.61 Å². The number of aromatic hydroxyl groups is 1. The minimum Gasteiger partial charge on any atom is -0.508 e. The Kier molecular flexibility index (Phi) is 5.64. The van der Waals surface area contributed by atoms with E-state index < -0.39 is 0 Å². The fraction of sp³-hybridized carbons (Fsp3) is 0.333. The Balaban J connectivity index is 2.06. The van der Waals surface area contributed by atoms with E-state index in [1.165, 1.54) is 0 Å². The van der Waals surface area contributed by atoms with Crippen LogP contribution in [0.2, 0.25) is 0 Å². The first kappa shape index (κ1) is 15.4. The molecule has 0 aliphatic heterocycles. The van der Waals surface area contributed by atoms with Gasteiger partial charge in [0.1, 0.15) is 11.5 Å². The predicted octanol–water partition coefficient (Wildman–Crippen LogP) is 3.99. The molecule has 1 unspecified atom stereocenters. The standard InChI is InChI=1S/C18H22O3/c1-2-15(19)9-6-12-21-18-13-16(20)10-11-17(18)14-7-4-3-5-8-14/h3-5,7-8,10-11,13,15,19-20H,2,6,9,12H2,1H3. The summed E-state index contributed by atoms with van der Waals surface area (Å²) in [7, 11) is 0. The van der Waals surface area contributed by atoms with E-state index in [0.717, 1.165) is 30.4 Å². The van der Waals surface area contributed by atoms with Gasteiger partial charge in [0.25, 0.3) is 0 Å². The zero-order valence-electron chi connectivity index (χ0n) is 12.3. The second-order valence-electron chi connectivity index (χ2n) is 5.10. The molecule has 2 aromatic rings. The lowest BCUT2D eigenvalue weighted by Gasteiger charge is -2.13. The minimum atomic E-state index is -0.258. The quantitative estimate of drug-likeness (QED) is 0.757. The largest absolute Gasteiger partial charge is 0.508 e. The lowest BCUT2D eigenvalue weighted by Crippen LogP contribution is -2.07. The normalized spacial score (nSPS) is 12.1. The number of ether oxygens (including phenoxy) is 1. The average molecular weight is 286 g/mol. The molecule has 0 heterocycles. The summed E-state index contributed by atoms with van der Waals surface area (Å²) >= 11 is 0. The van der Waals surface area contributed by atoms with Gasteiger partial charge in [-0.05, 0) is 37.0 Å². The summed E-state index contributed by atoms with van der Waals surface area (Å²) in [5.74, 6) is 0.866. The number of rotatable bonds is 7. The number of hydrogen-bond acceptors (Lipinski definition) is 3. The molecule has 0 amide bonds. The Morgan fingerprint density at radius 3 is 2.57 bits per heavy atom. The van der Waals surface area contributed by atoms with Gasteiger partial charge in [-0.3, -0.25) is 0 Å². The zero-order valence-corrected chi connectivity index (χ0v) is 12.3. The molecular weight excluding hydrogens is 264 g/mol. The SMILES string of the molecule is CCC(O)CCCOc1cc(O)ccc1-c1ccccc1. The van der Waals surface area contributed by atoms with Gasteiger partial charge >= 0.3 is 0 Å². The molecule has 0 radical (unpaired) electrons. The summed E-state index contributed by atoms with van der Waals surface area (Å²) < 4.78 is 5.80. The Bertz CT molecular complexity index is 552. The van der Waals surface area contributed by atoms with Gasteiger partial charge < -0.3 is 14.9 Å². The van der Waals surface area contributed by atoms with E-state index in [1.807, 2.05) is 43.3 Å². The van der Waals surface area contributed by atoms with E-state index in [4.69, 9.17) is 4.74 Å². The van der Waals surface area contributed by atoms with Crippen LogP contribution in [-0.2, 0) is 0 Å². The smallest absolute Gasteiger partial charge is 0.130 e. The number of phenolic OH excluding ortho intramolecular Hbond substituents is 1. The lowest BCUT2D eigenvalue weighted by molar-refractivity contribution is 0.149. The lowest BCUT2D eigenvalue weighted by atomic mass is 10.0. The molecule has 112 valence electrons. The van der Waals surface area contributed by atoms with Crippen molar-refractivity contribution in [1.29, 1.82) is 0 Å². The van der Waals surface area contributed by atoms with Crippen LogP contribution in [0.4, 0.5) is 0 Å². The van der Waals surface area contributed by atoms with E-state index in [1.54, 1.807) is 12.1 Å². The van der Waals surface area contributed by atoms with Crippen molar-refractivity contribution in [2.24, 2.45) is 0 Å². The number of aliphatic hydroxyl groups is 1. The average Bonchev–Trinajstić information content (AvgIpc) is 2.52. The second-order valence-corrected chi connectivity index (χ2v) is 5.10. The minimum absolute atomic E-state index is 0.193. The van der Waals surface area contributed by atoms with Crippen LogP contribution in [0.3, 0.4) is 0 Å². The van der Waals surface area contributed by atoms with Crippen molar-refractivity contribution in [2.45, 2.75) is 32.3 Å². The fourth-order valence-electron chi connectivity index (χ4n) is 2.19. The first-order valence-electron chi connectivity index (χ1n) is 7.40. The number of aliphatic hydroxyl groups excluding tert-OH is 1. The molecule has 1 atom stereocenters. The third-order valence-corrected chi connectivity index (χ3v) is 3.46. The van der Waals surface area contributed by atoms with Gasteiger partial charge in [0.2, 0.25) is 0 Å². The molecule has 0 fully saturated rings. The fourth-order valence-corrected chi connectivity index (χ4v) is 2.19. The van der Waals surface area contributed by atoms with Crippen molar-refractivity contribution in [3.63, 3.8) is 0 Å². The van der Waals surface area contributed by atoms with E-state index in [9.17, 15) is 10.2 Å². The van der Waals surface area contributed by atoms with Crippen LogP contribution < -0.4 is 4.74 Å². The molecule has 2 N–H and O–H groups in total. The van der Waals surface area contributed by atoms with E-state index in [-0.39, 0.29) is 11.9 Å². The van der Waals surface area contributed by atoms with Crippen molar-refractivity contribution in [1.82, 2.24) is 0 Å². The van der Waals surface area contributed by atoms with Gasteiger partial charge in [0.05, 0.1) is 12.7 Å². The van der Waals surface area contributed by atoms with Gasteiger partial charge in [0.15, 0.2) is 0 Å². The zero-order chi connectivity index (χ0) is 15.1. The van der Waals surface area contributed by atoms with Crippen LogP contribution in [0.1, 0.15) is 26.2 Å². The van der Waals surface area contributed by atoms with Gasteiger partial charge in [-0.2, -0.15) is 0 Å². The summed E-state index contributed by atoms with van der Waals surface area (Å²) in [5, 5.41) is 19.2. The predicted molar refractivity (Wildman–Crippen MR) is 84.6 cm³/mol. The Labute approximate surface area is 125 Å². The highest BCUT2D eigenvalue weighted by molar-refractivity contribution is 5.71. The molecule has 0 saturated heterocycles. The van der Waals surface area contributed by atoms with E-state index in [2.05, 4.69) is 0 Å². The maximum atomic E-state index is 9.65. The molecule has 0 bridgehead atoms. The molecule has 0 aliphatic rings. The summed E-state index contributed by atoms with van der Waals surface area (Å²) in [6.07, 6.45) is 2.03. The summed E-state index contributed by atoms with van der Waals surface area (Å²) in [6, 6.07) is 15.1. The molecular formula is C18H22O3. The second kappa shape index (κ2) is 7.70. The highest BCUT2D eigenvalue weighted by atomic mass is 16.5. The first-order chi connectivity index (χ1) is 10.2. The molecule has 2 aromatic carbocycles. The summed E-state index contributed by atoms with van der Waals surface area (Å²) in [5.41, 5.74) is 2.02. The number of benzene rings is 2. The molecule has 21 heavy (non-hydrogen) atoms. The van der Waals surface area contributed by atoms with Crippen molar-refractivity contribution < 1.29 is 14.9 Å². The molecule has 0 aliphatic carbocycles. The third-order valence-electron chi connectivity index (χ3n) is 3.46. The van der Waals surface area contributed by atoms with E-state index in [0.29, 0.717) is 12.4 Å². The van der Waals surface area contributed by atoms with Crippen LogP contribution in [0, 0.1) is 0 Å². The van der Waals surface area contributed by atoms with Gasteiger partial charge in [-0.15, -0.1) is 0 Å². The number of phenols is 1. The molecule has 3 heteroatoms. The van der Waals surface area contributed by atoms with E-state index >= 15 is 0 Å². The highest BCUT2D eigenvalue weighted by Gasteiger charge is 2.08. The molecule has 2 rings (SSSR count). The molecule has 0 aromatic heterocycles. The maximum absolute atomic E-state index is 9.65. The number of hydrogen-bond donors (Lipinski definition) is 2. The van der Waals surface area contributed by atoms with Crippen molar-refractivity contribution in [3.8, 4) is 22.6 Å². The van der Waals surface area contributed by atoms with Crippen LogP contribution in [0.15, 0.2) is 48.5 Å². The van der Waals surface area contributed by atoms with Crippen LogP contribution >= 0.6 is 0 Å². The van der Waals surface area contributed by atoms with Crippen molar-refractivity contribution in [3.05, 3.63) is 48.5 Å². The molecule has 3 nitrogen and oxygen atoms in total. The molecule has 0 saturated carbocycles. The Morgan fingerprint density at radius 2 is 1.86 bits per heavy atom. The van der Waals surface area contributed by atoms with Crippen LogP contribution in [-0.4, -0.2) is 22.9 Å². The monoisotopic (exact) mass is 286 g/mol. The van der Waals surface area contributed by atoms with Gasteiger partial charge in [-0.25, -0.2) is 0 Å². The Morgan fingerprint density at radius 1 is 1.10 bits per heavy atom.